The van der Waals surface area contributed by atoms with Crippen molar-refractivity contribution in [2.24, 2.45) is 0 Å². The topological polar surface area (TPSA) is 90.0 Å². The molecule has 0 saturated heterocycles. The van der Waals surface area contributed by atoms with Crippen LogP contribution in [0.3, 0.4) is 0 Å². The minimum atomic E-state index is -4.00. The molecule has 0 aliphatic heterocycles. The molecule has 0 fully saturated rings. The monoisotopic (exact) mass is 506 g/mol. The van der Waals surface area contributed by atoms with Crippen LogP contribution in [0.25, 0.3) is 0 Å². The molecule has 2 aromatic carbocycles. The number of nitrogens with zero attached hydrogens (tertiary/aromatic N) is 3. The first-order chi connectivity index (χ1) is 16.6. The molecular formula is C25H35FN4O4S. The maximum Gasteiger partial charge on any atom is 0.304 e. The Hall–Kier alpha value is -2.98. The largest absolute Gasteiger partial charge is 0.354 e. The van der Waals surface area contributed by atoms with Gasteiger partial charge in [0.15, 0.2) is 0 Å². The number of para-hydroxylation sites is 1. The summed E-state index contributed by atoms with van der Waals surface area (Å²) in [6.07, 6.45) is 2.04. The lowest BCUT2D eigenvalue weighted by Gasteiger charge is -2.34. The van der Waals surface area contributed by atoms with E-state index in [1.54, 1.807) is 49.4 Å². The number of unbranched alkanes of at least 4 members (excludes halogenated alkanes) is 1. The van der Waals surface area contributed by atoms with Gasteiger partial charge < -0.3 is 10.2 Å². The number of anilines is 1. The number of carbonyl (C=O) groups excluding carboxylic acids is 2. The third-order valence-corrected chi connectivity index (χ3v) is 7.36. The Morgan fingerprint density at radius 3 is 2.17 bits per heavy atom. The first-order valence-electron chi connectivity index (χ1n) is 11.7. The minimum Gasteiger partial charge on any atom is -0.354 e. The van der Waals surface area contributed by atoms with E-state index in [1.807, 2.05) is 6.92 Å². The van der Waals surface area contributed by atoms with Crippen LogP contribution >= 0.6 is 0 Å². The lowest BCUT2D eigenvalue weighted by atomic mass is 10.1. The highest BCUT2D eigenvalue weighted by Gasteiger charge is 2.33. The van der Waals surface area contributed by atoms with Gasteiger partial charge in [0.05, 0.1) is 5.69 Å². The molecule has 0 unspecified atom stereocenters. The molecule has 0 heterocycles. The first-order valence-corrected chi connectivity index (χ1v) is 13.1. The van der Waals surface area contributed by atoms with Gasteiger partial charge in [-0.15, -0.1) is 0 Å². The van der Waals surface area contributed by atoms with Crippen LogP contribution in [0.4, 0.5) is 10.1 Å². The van der Waals surface area contributed by atoms with Gasteiger partial charge >= 0.3 is 10.2 Å². The molecule has 0 spiro atoms. The number of amides is 2. The summed E-state index contributed by atoms with van der Waals surface area (Å²) in [6.45, 7) is 3.82. The van der Waals surface area contributed by atoms with Crippen molar-refractivity contribution in [1.29, 1.82) is 0 Å². The van der Waals surface area contributed by atoms with Crippen molar-refractivity contribution in [1.82, 2.24) is 14.5 Å². The third kappa shape index (κ3) is 7.76. The van der Waals surface area contributed by atoms with Gasteiger partial charge in [-0.2, -0.15) is 12.7 Å². The smallest absolute Gasteiger partial charge is 0.304 e. The van der Waals surface area contributed by atoms with E-state index in [2.05, 4.69) is 5.32 Å². The van der Waals surface area contributed by atoms with E-state index in [9.17, 15) is 22.4 Å². The van der Waals surface area contributed by atoms with Crippen molar-refractivity contribution in [3.8, 4) is 0 Å². The van der Waals surface area contributed by atoms with E-state index < -0.39 is 34.5 Å². The van der Waals surface area contributed by atoms with Crippen LogP contribution in [0.2, 0.25) is 0 Å². The van der Waals surface area contributed by atoms with Gasteiger partial charge in [0, 0.05) is 27.2 Å². The highest BCUT2D eigenvalue weighted by atomic mass is 32.2. The van der Waals surface area contributed by atoms with Crippen molar-refractivity contribution >= 4 is 27.7 Å². The molecule has 2 rings (SSSR count). The van der Waals surface area contributed by atoms with Gasteiger partial charge in [-0.3, -0.25) is 9.59 Å². The molecule has 2 aromatic rings. The van der Waals surface area contributed by atoms with Crippen molar-refractivity contribution < 1.29 is 22.4 Å². The number of carbonyl (C=O) groups is 2. The fourth-order valence-corrected chi connectivity index (χ4v) is 4.58. The molecule has 10 heteroatoms. The number of benzene rings is 2. The van der Waals surface area contributed by atoms with Crippen molar-refractivity contribution in [2.45, 2.75) is 45.7 Å². The average molecular weight is 507 g/mol. The highest BCUT2D eigenvalue weighted by Crippen LogP contribution is 2.21. The fraction of sp³-hybridized carbons (Fsp3) is 0.440. The number of hydrogen-bond donors (Lipinski definition) is 1. The summed E-state index contributed by atoms with van der Waals surface area (Å²) < 4.78 is 41.7. The normalized spacial score (nSPS) is 12.3. The van der Waals surface area contributed by atoms with Gasteiger partial charge in [-0.25, -0.2) is 8.70 Å². The van der Waals surface area contributed by atoms with Crippen LogP contribution < -0.4 is 9.62 Å². The van der Waals surface area contributed by atoms with Gasteiger partial charge in [0.2, 0.25) is 11.8 Å². The SMILES string of the molecule is CCCCNC(=O)[C@@H](CC)N(Cc1ccc(F)cc1)C(=O)CN(c1ccccc1)S(=O)(=O)N(C)C. The molecule has 0 aliphatic rings. The summed E-state index contributed by atoms with van der Waals surface area (Å²) in [5.74, 6) is -1.26. The summed E-state index contributed by atoms with van der Waals surface area (Å²) in [5, 5.41) is 2.87. The maximum atomic E-state index is 13.6. The Kier molecular flexibility index (Phi) is 10.7. The second-order valence-corrected chi connectivity index (χ2v) is 10.4. The quantitative estimate of drug-likeness (QED) is 0.423. The zero-order chi connectivity index (χ0) is 26.0. The van der Waals surface area contributed by atoms with E-state index in [0.717, 1.165) is 21.5 Å². The molecule has 0 radical (unpaired) electrons. The third-order valence-electron chi connectivity index (χ3n) is 5.54. The number of rotatable bonds is 13. The van der Waals surface area contributed by atoms with E-state index >= 15 is 0 Å². The van der Waals surface area contributed by atoms with E-state index in [4.69, 9.17) is 0 Å². The van der Waals surface area contributed by atoms with Crippen LogP contribution in [-0.2, 0) is 26.3 Å². The lowest BCUT2D eigenvalue weighted by Crippen LogP contribution is -2.53. The molecule has 0 aromatic heterocycles. The standard InChI is InChI=1S/C25H35FN4O4S/c1-5-7-17-27-25(32)23(6-2)29(18-20-13-15-21(26)16-14-20)24(31)19-30(35(33,34)28(3)4)22-11-9-8-10-12-22/h8-16,23H,5-7,17-19H2,1-4H3,(H,27,32)/t23-/m1/s1. The van der Waals surface area contributed by atoms with E-state index in [-0.39, 0.29) is 12.5 Å². The van der Waals surface area contributed by atoms with Crippen LogP contribution in [-0.4, -0.2) is 62.7 Å². The molecular weight excluding hydrogens is 471 g/mol. The molecule has 0 bridgehead atoms. The lowest BCUT2D eigenvalue weighted by molar-refractivity contribution is -0.140. The summed E-state index contributed by atoms with van der Waals surface area (Å²) in [4.78, 5) is 28.0. The van der Waals surface area contributed by atoms with Crippen LogP contribution in [0.5, 0.6) is 0 Å². The molecule has 0 aliphatic carbocycles. The molecule has 35 heavy (non-hydrogen) atoms. The number of nitrogens with one attached hydrogen (secondary N) is 1. The Morgan fingerprint density at radius 2 is 1.63 bits per heavy atom. The Morgan fingerprint density at radius 1 is 1.00 bits per heavy atom. The highest BCUT2D eigenvalue weighted by molar-refractivity contribution is 7.90. The summed E-state index contributed by atoms with van der Waals surface area (Å²) in [7, 11) is -1.22. The Bertz CT molecular complexity index is 1060. The fourth-order valence-electron chi connectivity index (χ4n) is 3.52. The zero-order valence-electron chi connectivity index (χ0n) is 20.8. The van der Waals surface area contributed by atoms with Crippen molar-refractivity contribution in [3.05, 3.63) is 66.0 Å². The minimum absolute atomic E-state index is 0.0312. The van der Waals surface area contributed by atoms with Gasteiger partial charge in [-0.1, -0.05) is 50.6 Å². The van der Waals surface area contributed by atoms with Crippen molar-refractivity contribution in [3.63, 3.8) is 0 Å². The summed E-state index contributed by atoms with van der Waals surface area (Å²) >= 11 is 0. The molecule has 2 amide bonds. The second kappa shape index (κ2) is 13.2. The summed E-state index contributed by atoms with van der Waals surface area (Å²) in [5.41, 5.74) is 0.956. The molecule has 0 saturated carbocycles. The van der Waals surface area contributed by atoms with Crippen LogP contribution in [0, 0.1) is 5.82 Å². The molecule has 1 atom stereocenters. The maximum absolute atomic E-state index is 13.6. The van der Waals surface area contributed by atoms with E-state index in [1.165, 1.54) is 31.1 Å². The van der Waals surface area contributed by atoms with Crippen LogP contribution in [0.15, 0.2) is 54.6 Å². The molecule has 8 nitrogen and oxygen atoms in total. The predicted molar refractivity (Wildman–Crippen MR) is 135 cm³/mol. The predicted octanol–water partition coefficient (Wildman–Crippen LogP) is 3.16. The second-order valence-electron chi connectivity index (χ2n) is 8.35. The number of halogens is 1. The number of hydrogen-bond acceptors (Lipinski definition) is 4. The average Bonchev–Trinajstić information content (AvgIpc) is 2.84. The summed E-state index contributed by atoms with van der Waals surface area (Å²) in [6, 6.07) is 13.2. The molecule has 192 valence electrons. The Balaban J connectivity index is 2.42. The van der Waals surface area contributed by atoms with Gasteiger partial charge in [0.25, 0.3) is 0 Å². The van der Waals surface area contributed by atoms with Gasteiger partial charge in [0.1, 0.15) is 18.4 Å². The zero-order valence-corrected chi connectivity index (χ0v) is 21.6. The van der Waals surface area contributed by atoms with Crippen molar-refractivity contribution in [2.75, 3.05) is 31.5 Å². The van der Waals surface area contributed by atoms with E-state index in [0.29, 0.717) is 24.2 Å². The van der Waals surface area contributed by atoms with Crippen LogP contribution in [0.1, 0.15) is 38.7 Å². The molecule has 1 N–H and O–H groups in total. The first kappa shape index (κ1) is 28.3. The Labute approximate surface area is 207 Å². The van der Waals surface area contributed by atoms with Gasteiger partial charge in [-0.05, 0) is 42.7 Å².